The molecule has 0 radical (unpaired) electrons. The molecule has 0 bridgehead atoms. The molecule has 1 saturated heterocycles. The van der Waals surface area contributed by atoms with Crippen LogP contribution in [0.3, 0.4) is 0 Å². The molecule has 0 amide bonds. The van der Waals surface area contributed by atoms with Crippen molar-refractivity contribution in [3.8, 4) is 0 Å². The van der Waals surface area contributed by atoms with Gasteiger partial charge in [-0.05, 0) is 43.4 Å². The molecule has 1 saturated carbocycles. The molecular weight excluding hydrogens is 349 g/mol. The molecule has 1 heterocycles. The third-order valence-corrected chi connectivity index (χ3v) is 7.54. The second-order valence-electron chi connectivity index (χ2n) is 6.99. The first kappa shape index (κ1) is 18.3. The summed E-state index contributed by atoms with van der Waals surface area (Å²) in [5.74, 6) is -2.41. The fraction of sp³-hybridized carbons (Fsp3) is 0.588. The minimum absolute atomic E-state index is 0.0409. The maximum atomic E-state index is 14.1. The number of carbonyl (C=O) groups is 1. The highest BCUT2D eigenvalue weighted by molar-refractivity contribution is 7.89. The van der Waals surface area contributed by atoms with Gasteiger partial charge in [-0.2, -0.15) is 4.31 Å². The van der Waals surface area contributed by atoms with Crippen LogP contribution < -0.4 is 0 Å². The van der Waals surface area contributed by atoms with Gasteiger partial charge in [-0.3, -0.25) is 0 Å². The van der Waals surface area contributed by atoms with Gasteiger partial charge in [0, 0.05) is 19.0 Å². The number of fused-ring (bicyclic) bond motifs is 1. The van der Waals surface area contributed by atoms with E-state index < -0.39 is 32.3 Å². The Morgan fingerprint density at radius 1 is 1.40 bits per heavy atom. The van der Waals surface area contributed by atoms with Gasteiger partial charge < -0.3 is 10.2 Å². The molecule has 1 aliphatic heterocycles. The molecule has 0 aromatic heterocycles. The fourth-order valence-electron chi connectivity index (χ4n) is 4.20. The molecule has 1 aromatic carbocycles. The minimum Gasteiger partial charge on any atom is -0.478 e. The van der Waals surface area contributed by atoms with Gasteiger partial charge >= 0.3 is 5.97 Å². The van der Waals surface area contributed by atoms with Gasteiger partial charge in [0.1, 0.15) is 10.7 Å². The largest absolute Gasteiger partial charge is 0.478 e. The van der Waals surface area contributed by atoms with Gasteiger partial charge in [0.15, 0.2) is 0 Å². The van der Waals surface area contributed by atoms with Crippen LogP contribution in [0.4, 0.5) is 4.39 Å². The van der Waals surface area contributed by atoms with E-state index >= 15 is 0 Å². The third-order valence-electron chi connectivity index (χ3n) is 5.69. The lowest BCUT2D eigenvalue weighted by Gasteiger charge is -2.40. The number of sulfonamides is 1. The van der Waals surface area contributed by atoms with E-state index in [2.05, 4.69) is 0 Å². The van der Waals surface area contributed by atoms with Crippen LogP contribution in [0.25, 0.3) is 0 Å². The zero-order valence-corrected chi connectivity index (χ0v) is 14.8. The molecule has 0 spiro atoms. The van der Waals surface area contributed by atoms with Crippen LogP contribution in [0, 0.1) is 17.7 Å². The first-order valence-corrected chi connectivity index (χ1v) is 9.88. The summed E-state index contributed by atoms with van der Waals surface area (Å²) < 4.78 is 41.1. The highest BCUT2D eigenvalue weighted by Crippen LogP contribution is 2.45. The summed E-state index contributed by atoms with van der Waals surface area (Å²) in [6.45, 7) is 2.25. The summed E-state index contributed by atoms with van der Waals surface area (Å²) >= 11 is 0. The van der Waals surface area contributed by atoms with Crippen molar-refractivity contribution >= 4 is 16.0 Å². The van der Waals surface area contributed by atoms with E-state index in [-0.39, 0.29) is 30.5 Å². The molecule has 25 heavy (non-hydrogen) atoms. The van der Waals surface area contributed by atoms with Crippen LogP contribution in [-0.2, 0) is 10.0 Å². The molecule has 3 rings (SSSR count). The molecule has 0 unspecified atom stereocenters. The molecule has 6 nitrogen and oxygen atoms in total. The van der Waals surface area contributed by atoms with E-state index in [0.29, 0.717) is 12.8 Å². The third kappa shape index (κ3) is 3.07. The van der Waals surface area contributed by atoms with E-state index in [1.165, 1.54) is 4.31 Å². The maximum absolute atomic E-state index is 14.1. The number of carboxylic acid groups (broad SMARTS) is 1. The van der Waals surface area contributed by atoms with Crippen molar-refractivity contribution in [1.82, 2.24) is 4.31 Å². The van der Waals surface area contributed by atoms with E-state index in [1.807, 2.05) is 6.92 Å². The Labute approximate surface area is 146 Å². The van der Waals surface area contributed by atoms with Crippen LogP contribution in [0.5, 0.6) is 0 Å². The smallest absolute Gasteiger partial charge is 0.335 e. The Hall–Kier alpha value is -1.51. The normalized spacial score (nSPS) is 30.2. The fourth-order valence-corrected chi connectivity index (χ4v) is 5.81. The summed E-state index contributed by atoms with van der Waals surface area (Å²) in [4.78, 5) is 10.5. The molecule has 138 valence electrons. The summed E-state index contributed by atoms with van der Waals surface area (Å²) in [6, 6.07) is 2.76. The number of halogens is 1. The monoisotopic (exact) mass is 371 g/mol. The number of hydrogen-bond donors (Lipinski definition) is 2. The highest BCUT2D eigenvalue weighted by atomic mass is 32.2. The van der Waals surface area contributed by atoms with Gasteiger partial charge in [-0.15, -0.1) is 0 Å². The number of carboxylic acids is 1. The van der Waals surface area contributed by atoms with Crippen molar-refractivity contribution < 1.29 is 27.8 Å². The summed E-state index contributed by atoms with van der Waals surface area (Å²) in [6.07, 6.45) is 2.85. The number of benzene rings is 1. The van der Waals surface area contributed by atoms with E-state index in [4.69, 9.17) is 5.11 Å². The van der Waals surface area contributed by atoms with Crippen molar-refractivity contribution in [2.24, 2.45) is 11.8 Å². The van der Waals surface area contributed by atoms with Crippen LogP contribution >= 0.6 is 0 Å². The number of hydrogen-bond acceptors (Lipinski definition) is 4. The van der Waals surface area contributed by atoms with Crippen molar-refractivity contribution in [1.29, 1.82) is 0 Å². The standard InChI is InChI=1S/C17H22FNO5S/c1-2-17(22)7-3-4-12-9-19(10-13(12)17)25(23,24)15-8-11(16(20)21)5-6-14(15)18/h5-6,8,12-13,22H,2-4,7,9-10H2,1H3,(H,20,21)/t12-,13+,17-/m1/s1. The van der Waals surface area contributed by atoms with Gasteiger partial charge in [0.2, 0.25) is 10.0 Å². The number of aromatic carboxylic acids is 1. The Morgan fingerprint density at radius 2 is 2.12 bits per heavy atom. The average molecular weight is 371 g/mol. The van der Waals surface area contributed by atoms with E-state index in [1.54, 1.807) is 0 Å². The Bertz CT molecular complexity index is 796. The molecule has 8 heteroatoms. The molecular formula is C17H22FNO5S. The molecule has 1 aliphatic carbocycles. The first-order chi connectivity index (χ1) is 11.7. The second kappa shape index (κ2) is 6.34. The Kier molecular flexibility index (Phi) is 4.63. The topological polar surface area (TPSA) is 94.9 Å². The minimum atomic E-state index is -4.16. The number of aliphatic hydroxyl groups is 1. The number of rotatable bonds is 4. The second-order valence-corrected chi connectivity index (χ2v) is 8.89. The Morgan fingerprint density at radius 3 is 2.76 bits per heavy atom. The lowest BCUT2D eigenvalue weighted by atomic mass is 9.69. The zero-order chi connectivity index (χ0) is 18.4. The van der Waals surface area contributed by atoms with Gasteiger partial charge in [-0.1, -0.05) is 13.3 Å². The van der Waals surface area contributed by atoms with Gasteiger partial charge in [0.25, 0.3) is 0 Å². The molecule has 2 fully saturated rings. The van der Waals surface area contributed by atoms with E-state index in [9.17, 15) is 22.7 Å². The predicted octanol–water partition coefficient (Wildman–Crippen LogP) is 2.09. The lowest BCUT2D eigenvalue weighted by molar-refractivity contribution is -0.0605. The van der Waals surface area contributed by atoms with Crippen molar-refractivity contribution in [3.05, 3.63) is 29.6 Å². The van der Waals surface area contributed by atoms with Gasteiger partial charge in [0.05, 0.1) is 11.2 Å². The maximum Gasteiger partial charge on any atom is 0.335 e. The Balaban J connectivity index is 1.94. The van der Waals surface area contributed by atoms with Crippen molar-refractivity contribution in [2.45, 2.75) is 43.1 Å². The molecule has 3 atom stereocenters. The molecule has 2 N–H and O–H groups in total. The quantitative estimate of drug-likeness (QED) is 0.845. The van der Waals surface area contributed by atoms with Crippen LogP contribution in [-0.4, -0.2) is 47.6 Å². The zero-order valence-electron chi connectivity index (χ0n) is 14.0. The average Bonchev–Trinajstić information content (AvgIpc) is 3.01. The van der Waals surface area contributed by atoms with Crippen LogP contribution in [0.1, 0.15) is 43.0 Å². The summed E-state index contributed by atoms with van der Waals surface area (Å²) in [7, 11) is -4.16. The van der Waals surface area contributed by atoms with Crippen LogP contribution in [0.15, 0.2) is 23.1 Å². The molecule has 2 aliphatic rings. The lowest BCUT2D eigenvalue weighted by Crippen LogP contribution is -2.44. The molecule has 1 aromatic rings. The highest BCUT2D eigenvalue weighted by Gasteiger charge is 2.50. The SMILES string of the molecule is CC[C@@]1(O)CCC[C@@H]2CN(S(=O)(=O)c3cc(C(=O)O)ccc3F)C[C@@H]21. The predicted molar refractivity (Wildman–Crippen MR) is 88.2 cm³/mol. The first-order valence-electron chi connectivity index (χ1n) is 8.44. The van der Waals surface area contributed by atoms with Gasteiger partial charge in [-0.25, -0.2) is 17.6 Å². The summed E-state index contributed by atoms with van der Waals surface area (Å²) in [5.41, 5.74) is -1.17. The number of nitrogens with zero attached hydrogens (tertiary/aromatic N) is 1. The van der Waals surface area contributed by atoms with Crippen molar-refractivity contribution in [2.75, 3.05) is 13.1 Å². The van der Waals surface area contributed by atoms with E-state index in [0.717, 1.165) is 31.0 Å². The summed E-state index contributed by atoms with van der Waals surface area (Å²) in [5, 5.41) is 19.8. The van der Waals surface area contributed by atoms with Crippen molar-refractivity contribution in [3.63, 3.8) is 0 Å². The van der Waals surface area contributed by atoms with Crippen LogP contribution in [0.2, 0.25) is 0 Å².